The molecule has 2 rings (SSSR count). The Kier molecular flexibility index (Phi) is 4.47. The highest BCUT2D eigenvalue weighted by Crippen LogP contribution is 2.20. The van der Waals surface area contributed by atoms with Crippen molar-refractivity contribution in [2.45, 2.75) is 25.3 Å². The van der Waals surface area contributed by atoms with Crippen molar-refractivity contribution in [3.63, 3.8) is 0 Å². The van der Waals surface area contributed by atoms with Crippen molar-refractivity contribution in [1.82, 2.24) is 5.32 Å². The minimum absolute atomic E-state index is 0.117. The molecule has 1 N–H and O–H groups in total. The van der Waals surface area contributed by atoms with Gasteiger partial charge in [0.05, 0.1) is 6.04 Å². The zero-order valence-corrected chi connectivity index (χ0v) is 9.85. The molecular formula is C11H19NO2S. The summed E-state index contributed by atoms with van der Waals surface area (Å²) in [5.41, 5.74) is 0. The van der Waals surface area contributed by atoms with Gasteiger partial charge in [0.2, 0.25) is 0 Å². The Morgan fingerprint density at radius 1 is 1.40 bits per heavy atom. The number of rotatable bonds is 3. The molecule has 2 heterocycles. The summed E-state index contributed by atoms with van der Waals surface area (Å²) >= 11 is 1.89. The van der Waals surface area contributed by atoms with Crippen molar-refractivity contribution in [1.29, 1.82) is 0 Å². The molecule has 3 nitrogen and oxygen atoms in total. The van der Waals surface area contributed by atoms with Gasteiger partial charge in [-0.05, 0) is 18.8 Å². The van der Waals surface area contributed by atoms with Crippen LogP contribution in [0.15, 0.2) is 0 Å². The van der Waals surface area contributed by atoms with E-state index in [9.17, 15) is 4.79 Å². The lowest BCUT2D eigenvalue weighted by Gasteiger charge is -2.26. The highest BCUT2D eigenvalue weighted by atomic mass is 32.2. The third kappa shape index (κ3) is 3.47. The molecule has 86 valence electrons. The first kappa shape index (κ1) is 11.4. The van der Waals surface area contributed by atoms with Crippen LogP contribution < -0.4 is 5.32 Å². The van der Waals surface area contributed by atoms with E-state index in [0.29, 0.717) is 11.7 Å². The smallest absolute Gasteiger partial charge is 0.150 e. The average Bonchev–Trinajstić information content (AvgIpc) is 2.31. The van der Waals surface area contributed by atoms with Crippen LogP contribution in [-0.4, -0.2) is 43.1 Å². The maximum Gasteiger partial charge on any atom is 0.150 e. The maximum atomic E-state index is 11.9. The second-order valence-corrected chi connectivity index (χ2v) is 5.46. The van der Waals surface area contributed by atoms with E-state index in [1.807, 2.05) is 11.8 Å². The first-order valence-electron chi connectivity index (χ1n) is 5.78. The Bertz CT molecular complexity index is 211. The summed E-state index contributed by atoms with van der Waals surface area (Å²) < 4.78 is 5.30. The topological polar surface area (TPSA) is 38.3 Å². The fraction of sp³-hybridized carbons (Fsp3) is 0.909. The fourth-order valence-electron chi connectivity index (χ4n) is 2.15. The lowest BCUT2D eigenvalue weighted by Crippen LogP contribution is -2.44. The molecule has 0 aromatic heterocycles. The summed E-state index contributed by atoms with van der Waals surface area (Å²) in [4.78, 5) is 11.9. The van der Waals surface area contributed by atoms with Gasteiger partial charge >= 0.3 is 0 Å². The van der Waals surface area contributed by atoms with Gasteiger partial charge in [-0.1, -0.05) is 0 Å². The van der Waals surface area contributed by atoms with Crippen LogP contribution in [-0.2, 0) is 9.53 Å². The summed E-state index contributed by atoms with van der Waals surface area (Å²) in [5.74, 6) is 3.08. The van der Waals surface area contributed by atoms with Crippen molar-refractivity contribution in [3.05, 3.63) is 0 Å². The van der Waals surface area contributed by atoms with E-state index < -0.39 is 0 Å². The summed E-state index contributed by atoms with van der Waals surface area (Å²) in [7, 11) is 0. The van der Waals surface area contributed by atoms with Gasteiger partial charge in [0.15, 0.2) is 5.78 Å². The fourth-order valence-corrected chi connectivity index (χ4v) is 3.12. The average molecular weight is 229 g/mol. The number of carbonyl (C=O) groups is 1. The zero-order chi connectivity index (χ0) is 10.5. The second-order valence-electron chi connectivity index (χ2n) is 4.31. The second kappa shape index (κ2) is 5.87. The Morgan fingerprint density at radius 2 is 2.20 bits per heavy atom. The first-order chi connectivity index (χ1) is 7.36. The van der Waals surface area contributed by atoms with E-state index in [-0.39, 0.29) is 6.04 Å². The molecule has 2 saturated heterocycles. The molecule has 2 aliphatic heterocycles. The molecule has 0 radical (unpaired) electrons. The van der Waals surface area contributed by atoms with Crippen molar-refractivity contribution in [3.8, 4) is 0 Å². The predicted molar refractivity (Wildman–Crippen MR) is 62.3 cm³/mol. The lowest BCUT2D eigenvalue weighted by molar-refractivity contribution is -0.122. The number of thioether (sulfide) groups is 1. The number of carbonyl (C=O) groups excluding carboxylic acids is 1. The Balaban J connectivity index is 1.74. The standard InChI is InChI=1S/C11H19NO2S/c13-11(10-8-15-6-3-12-10)7-9-1-4-14-5-2-9/h9-10,12H,1-8H2. The van der Waals surface area contributed by atoms with Crippen LogP contribution in [0.5, 0.6) is 0 Å². The molecule has 0 aromatic carbocycles. The number of ether oxygens (including phenoxy) is 1. The number of nitrogens with one attached hydrogen (secondary N) is 1. The number of Topliss-reactive ketones (excluding diaryl/α,β-unsaturated/α-hetero) is 1. The van der Waals surface area contributed by atoms with E-state index in [4.69, 9.17) is 4.74 Å². The molecule has 0 bridgehead atoms. The molecule has 1 atom stereocenters. The zero-order valence-electron chi connectivity index (χ0n) is 9.04. The van der Waals surface area contributed by atoms with Gasteiger partial charge in [-0.15, -0.1) is 0 Å². The SMILES string of the molecule is O=C(CC1CCOCC1)C1CSCCN1. The van der Waals surface area contributed by atoms with Crippen LogP contribution >= 0.6 is 11.8 Å². The van der Waals surface area contributed by atoms with Gasteiger partial charge in [0.1, 0.15) is 0 Å². The highest BCUT2D eigenvalue weighted by molar-refractivity contribution is 7.99. The Hall–Kier alpha value is -0.0600. The van der Waals surface area contributed by atoms with Gasteiger partial charge in [0, 0.05) is 37.7 Å². The molecule has 0 amide bonds. The van der Waals surface area contributed by atoms with E-state index in [1.54, 1.807) is 0 Å². The number of ketones is 1. The van der Waals surface area contributed by atoms with Crippen LogP contribution in [0.2, 0.25) is 0 Å². The summed E-state index contributed by atoms with van der Waals surface area (Å²) in [6.07, 6.45) is 2.87. The normalized spacial score (nSPS) is 28.9. The molecule has 0 spiro atoms. The maximum absolute atomic E-state index is 11.9. The van der Waals surface area contributed by atoms with E-state index >= 15 is 0 Å². The van der Waals surface area contributed by atoms with E-state index in [1.165, 1.54) is 0 Å². The molecule has 4 heteroatoms. The third-order valence-corrected chi connectivity index (χ3v) is 4.20. The summed E-state index contributed by atoms with van der Waals surface area (Å²) in [6, 6.07) is 0.117. The molecule has 0 saturated carbocycles. The van der Waals surface area contributed by atoms with Crippen molar-refractivity contribution in [2.24, 2.45) is 5.92 Å². The van der Waals surface area contributed by atoms with Crippen molar-refractivity contribution in [2.75, 3.05) is 31.3 Å². The molecular weight excluding hydrogens is 210 g/mol. The molecule has 2 fully saturated rings. The quantitative estimate of drug-likeness (QED) is 0.786. The predicted octanol–water partition coefficient (Wildman–Crippen LogP) is 1.08. The first-order valence-corrected chi connectivity index (χ1v) is 6.93. The molecule has 0 aromatic rings. The number of hydrogen-bond donors (Lipinski definition) is 1. The molecule has 1 unspecified atom stereocenters. The largest absolute Gasteiger partial charge is 0.381 e. The van der Waals surface area contributed by atoms with Crippen molar-refractivity contribution >= 4 is 17.5 Å². The monoisotopic (exact) mass is 229 g/mol. The van der Waals surface area contributed by atoms with Gasteiger partial charge in [0.25, 0.3) is 0 Å². The van der Waals surface area contributed by atoms with Crippen LogP contribution in [0.4, 0.5) is 0 Å². The lowest BCUT2D eigenvalue weighted by atomic mass is 9.92. The third-order valence-electron chi connectivity index (χ3n) is 3.14. The highest BCUT2D eigenvalue weighted by Gasteiger charge is 2.24. The van der Waals surface area contributed by atoms with Gasteiger partial charge < -0.3 is 10.1 Å². The minimum Gasteiger partial charge on any atom is -0.381 e. The van der Waals surface area contributed by atoms with Crippen LogP contribution in [0.3, 0.4) is 0 Å². The molecule has 2 aliphatic rings. The van der Waals surface area contributed by atoms with E-state index in [2.05, 4.69) is 5.32 Å². The number of hydrogen-bond acceptors (Lipinski definition) is 4. The summed E-state index contributed by atoms with van der Waals surface area (Å²) in [5, 5.41) is 3.31. The van der Waals surface area contributed by atoms with Gasteiger partial charge in [-0.3, -0.25) is 4.79 Å². The Morgan fingerprint density at radius 3 is 2.87 bits per heavy atom. The van der Waals surface area contributed by atoms with Gasteiger partial charge in [-0.25, -0.2) is 0 Å². The van der Waals surface area contributed by atoms with Crippen LogP contribution in [0.25, 0.3) is 0 Å². The van der Waals surface area contributed by atoms with Crippen LogP contribution in [0, 0.1) is 5.92 Å². The molecule has 15 heavy (non-hydrogen) atoms. The van der Waals surface area contributed by atoms with Crippen LogP contribution in [0.1, 0.15) is 19.3 Å². The molecule has 0 aliphatic carbocycles. The van der Waals surface area contributed by atoms with Gasteiger partial charge in [-0.2, -0.15) is 11.8 Å². The van der Waals surface area contributed by atoms with E-state index in [0.717, 1.165) is 50.5 Å². The summed E-state index contributed by atoms with van der Waals surface area (Å²) in [6.45, 7) is 2.66. The van der Waals surface area contributed by atoms with Crippen molar-refractivity contribution < 1.29 is 9.53 Å². The minimum atomic E-state index is 0.117. The Labute approximate surface area is 95.3 Å².